The lowest BCUT2D eigenvalue weighted by Crippen LogP contribution is -2.48. The number of halogens is 1. The number of benzene rings is 3. The fraction of sp³-hybridized carbons (Fsp3) is 0.250. The first-order chi connectivity index (χ1) is 20.3. The Labute approximate surface area is 244 Å². The number of nitrogens with zero attached hydrogens (tertiary/aromatic N) is 5. The summed E-state index contributed by atoms with van der Waals surface area (Å²) in [7, 11) is 3.80. The smallest absolute Gasteiger partial charge is 0.248 e. The van der Waals surface area contributed by atoms with Crippen molar-refractivity contribution in [2.75, 3.05) is 62.4 Å². The van der Waals surface area contributed by atoms with Crippen molar-refractivity contribution in [2.45, 2.75) is 6.92 Å². The van der Waals surface area contributed by atoms with E-state index in [2.05, 4.69) is 20.5 Å². The summed E-state index contributed by atoms with van der Waals surface area (Å²) in [5.41, 5.74) is 3.50. The third kappa shape index (κ3) is 6.72. The highest BCUT2D eigenvalue weighted by atomic mass is 19.1. The molecular weight excluding hydrogens is 533 g/mol. The second-order valence-electron chi connectivity index (χ2n) is 10.4. The largest absolute Gasteiger partial charge is 0.368 e. The minimum absolute atomic E-state index is 0.0965. The van der Waals surface area contributed by atoms with E-state index in [4.69, 9.17) is 4.98 Å². The Balaban J connectivity index is 1.34. The quantitative estimate of drug-likeness (QED) is 0.293. The van der Waals surface area contributed by atoms with Crippen molar-refractivity contribution in [2.24, 2.45) is 0 Å². The lowest BCUT2D eigenvalue weighted by molar-refractivity contribution is -0.129. The van der Waals surface area contributed by atoms with Crippen LogP contribution in [0.25, 0.3) is 22.0 Å². The monoisotopic (exact) mass is 567 g/mol. The van der Waals surface area contributed by atoms with Crippen LogP contribution in [-0.4, -0.2) is 78.4 Å². The molecule has 5 rings (SSSR count). The Hall–Kier alpha value is -4.83. The van der Waals surface area contributed by atoms with E-state index in [9.17, 15) is 9.59 Å². The molecule has 42 heavy (non-hydrogen) atoms. The number of piperazine rings is 1. The van der Waals surface area contributed by atoms with Crippen molar-refractivity contribution in [3.8, 4) is 11.1 Å². The van der Waals surface area contributed by atoms with E-state index in [0.717, 1.165) is 29.9 Å². The molecule has 1 aliphatic rings. The summed E-state index contributed by atoms with van der Waals surface area (Å²) in [5.74, 6) is -0.441. The van der Waals surface area contributed by atoms with Gasteiger partial charge < -0.3 is 25.3 Å². The van der Waals surface area contributed by atoms with Crippen molar-refractivity contribution in [3.63, 3.8) is 0 Å². The van der Waals surface area contributed by atoms with E-state index < -0.39 is 11.7 Å². The number of hydrogen-bond donors (Lipinski definition) is 2. The Bertz CT molecular complexity index is 1610. The van der Waals surface area contributed by atoms with Crippen LogP contribution in [-0.2, 0) is 9.59 Å². The summed E-state index contributed by atoms with van der Waals surface area (Å²) < 4.78 is 15.7. The Morgan fingerprint density at radius 1 is 0.976 bits per heavy atom. The van der Waals surface area contributed by atoms with Crippen LogP contribution in [0.4, 0.5) is 27.4 Å². The standard InChI is InChI=1S/C32H34FN7O2/c1-22(41)39-17-19-40(20-18-39)25-14-12-24(13-15-25)35-32-34-21-23-7-4-9-27(31(23)37-32)26-8-5-10-28(30(26)33)36-29(42)11-6-16-38(2)3/h4-15,21H,16-20H2,1-3H3,(H,36,42)(H,34,35,37). The molecule has 0 atom stereocenters. The second-order valence-corrected chi connectivity index (χ2v) is 10.4. The van der Waals surface area contributed by atoms with Gasteiger partial charge in [0.15, 0.2) is 5.82 Å². The number of amides is 2. The first-order valence-corrected chi connectivity index (χ1v) is 13.8. The Morgan fingerprint density at radius 3 is 2.40 bits per heavy atom. The molecule has 2 N–H and O–H groups in total. The minimum atomic E-state index is -0.535. The normalized spacial score (nSPS) is 13.6. The summed E-state index contributed by atoms with van der Waals surface area (Å²) >= 11 is 0. The zero-order chi connectivity index (χ0) is 29.6. The van der Waals surface area contributed by atoms with E-state index in [0.29, 0.717) is 42.2 Å². The van der Waals surface area contributed by atoms with E-state index in [1.165, 1.54) is 12.1 Å². The van der Waals surface area contributed by atoms with Gasteiger partial charge in [-0.25, -0.2) is 14.4 Å². The zero-order valence-corrected chi connectivity index (χ0v) is 24.0. The molecule has 10 heteroatoms. The third-order valence-electron chi connectivity index (χ3n) is 7.11. The third-order valence-corrected chi connectivity index (χ3v) is 7.11. The van der Waals surface area contributed by atoms with Gasteiger partial charge in [-0.2, -0.15) is 0 Å². The highest BCUT2D eigenvalue weighted by molar-refractivity contribution is 6.00. The van der Waals surface area contributed by atoms with E-state index in [1.807, 2.05) is 60.3 Å². The molecule has 9 nitrogen and oxygen atoms in total. The number of hydrogen-bond acceptors (Lipinski definition) is 7. The van der Waals surface area contributed by atoms with E-state index in [1.54, 1.807) is 37.4 Å². The van der Waals surface area contributed by atoms with Gasteiger partial charge in [0.2, 0.25) is 17.8 Å². The zero-order valence-electron chi connectivity index (χ0n) is 24.0. The number of likely N-dealkylation sites (N-methyl/N-ethyl adjacent to an activating group) is 1. The molecule has 216 valence electrons. The molecule has 3 aromatic carbocycles. The highest BCUT2D eigenvalue weighted by Gasteiger charge is 2.19. The molecule has 0 radical (unpaired) electrons. The fourth-order valence-corrected chi connectivity index (χ4v) is 4.88. The van der Waals surface area contributed by atoms with Gasteiger partial charge in [-0.05, 0) is 44.4 Å². The van der Waals surface area contributed by atoms with Crippen molar-refractivity contribution >= 4 is 45.7 Å². The lowest BCUT2D eigenvalue weighted by atomic mass is 10.0. The number of fused-ring (bicyclic) bond motifs is 1. The second kappa shape index (κ2) is 12.8. The molecule has 1 aromatic heterocycles. The van der Waals surface area contributed by atoms with Gasteiger partial charge in [0.1, 0.15) is 0 Å². The number of anilines is 4. The van der Waals surface area contributed by atoms with Gasteiger partial charge >= 0.3 is 0 Å². The molecule has 1 aliphatic heterocycles. The van der Waals surface area contributed by atoms with Crippen LogP contribution in [0, 0.1) is 5.82 Å². The molecule has 1 fully saturated rings. The molecule has 0 aliphatic carbocycles. The van der Waals surface area contributed by atoms with Crippen molar-refractivity contribution in [1.29, 1.82) is 0 Å². The first kappa shape index (κ1) is 28.7. The van der Waals surface area contributed by atoms with Crippen LogP contribution in [0.15, 0.2) is 79.0 Å². The number of carbonyl (C=O) groups is 2. The van der Waals surface area contributed by atoms with Crippen molar-refractivity contribution < 1.29 is 14.0 Å². The van der Waals surface area contributed by atoms with Gasteiger partial charge in [-0.15, -0.1) is 0 Å². The maximum atomic E-state index is 15.7. The molecule has 0 bridgehead atoms. The number of para-hydroxylation sites is 1. The molecule has 0 saturated carbocycles. The van der Waals surface area contributed by atoms with Crippen molar-refractivity contribution in [3.05, 3.63) is 84.8 Å². The fourth-order valence-electron chi connectivity index (χ4n) is 4.88. The number of rotatable bonds is 8. The molecule has 1 saturated heterocycles. The molecule has 4 aromatic rings. The van der Waals surface area contributed by atoms with E-state index >= 15 is 4.39 Å². The number of carbonyl (C=O) groups excluding carboxylic acids is 2. The van der Waals surface area contributed by atoms with Crippen LogP contribution < -0.4 is 15.5 Å². The van der Waals surface area contributed by atoms with Gasteiger partial charge in [-0.1, -0.05) is 36.4 Å². The number of nitrogens with one attached hydrogen (secondary N) is 2. The first-order valence-electron chi connectivity index (χ1n) is 13.8. The molecule has 2 heterocycles. The van der Waals surface area contributed by atoms with Gasteiger partial charge in [0, 0.05) is 79.8 Å². The minimum Gasteiger partial charge on any atom is -0.368 e. The average molecular weight is 568 g/mol. The molecule has 2 amide bonds. The van der Waals surface area contributed by atoms with Crippen LogP contribution in [0.5, 0.6) is 0 Å². The highest BCUT2D eigenvalue weighted by Crippen LogP contribution is 2.33. The Morgan fingerprint density at radius 2 is 1.69 bits per heavy atom. The van der Waals surface area contributed by atoms with Gasteiger partial charge in [0.05, 0.1) is 11.2 Å². The average Bonchev–Trinajstić information content (AvgIpc) is 2.98. The maximum absolute atomic E-state index is 15.7. The van der Waals surface area contributed by atoms with Crippen LogP contribution >= 0.6 is 0 Å². The predicted molar refractivity (Wildman–Crippen MR) is 165 cm³/mol. The SMILES string of the molecule is CC(=O)N1CCN(c2ccc(Nc3ncc4cccc(-c5cccc(NC(=O)C=CCN(C)C)c5F)c4n3)cc2)CC1. The predicted octanol–water partition coefficient (Wildman–Crippen LogP) is 4.90. The topological polar surface area (TPSA) is 93.7 Å². The summed E-state index contributed by atoms with van der Waals surface area (Å²) in [6.07, 6.45) is 4.82. The van der Waals surface area contributed by atoms with Crippen LogP contribution in [0.2, 0.25) is 0 Å². The summed E-state index contributed by atoms with van der Waals surface area (Å²) in [6, 6.07) is 18.4. The van der Waals surface area contributed by atoms with Crippen LogP contribution in [0.3, 0.4) is 0 Å². The Kier molecular flexibility index (Phi) is 8.73. The van der Waals surface area contributed by atoms with Gasteiger partial charge in [-0.3, -0.25) is 9.59 Å². The summed E-state index contributed by atoms with van der Waals surface area (Å²) in [6.45, 7) is 5.22. The van der Waals surface area contributed by atoms with Crippen molar-refractivity contribution in [1.82, 2.24) is 19.8 Å². The molecular formula is C32H34FN7O2. The summed E-state index contributed by atoms with van der Waals surface area (Å²) in [4.78, 5) is 39.2. The number of aromatic nitrogens is 2. The lowest BCUT2D eigenvalue weighted by Gasteiger charge is -2.35. The van der Waals surface area contributed by atoms with Crippen LogP contribution in [0.1, 0.15) is 6.92 Å². The van der Waals surface area contributed by atoms with Gasteiger partial charge in [0.25, 0.3) is 0 Å². The molecule has 0 spiro atoms. The molecule has 0 unspecified atom stereocenters. The summed E-state index contributed by atoms with van der Waals surface area (Å²) in [5, 5.41) is 6.65. The van der Waals surface area contributed by atoms with E-state index in [-0.39, 0.29) is 11.6 Å². The maximum Gasteiger partial charge on any atom is 0.248 e.